The second-order valence-electron chi connectivity index (χ2n) is 8.70. The Labute approximate surface area is 228 Å². The van der Waals surface area contributed by atoms with E-state index in [0.717, 1.165) is 48.6 Å². The summed E-state index contributed by atoms with van der Waals surface area (Å²) in [7, 11) is 0. The lowest BCUT2D eigenvalue weighted by atomic mass is 9.99. The number of amides is 1. The van der Waals surface area contributed by atoms with Gasteiger partial charge in [-0.2, -0.15) is 13.2 Å². The molecule has 0 radical (unpaired) electrons. The molecule has 39 heavy (non-hydrogen) atoms. The molecule has 2 heterocycles. The zero-order chi connectivity index (χ0) is 28.1. The highest BCUT2D eigenvalue weighted by atomic mass is 32.1. The van der Waals surface area contributed by atoms with Crippen LogP contribution in [-0.4, -0.2) is 54.6 Å². The third-order valence-electron chi connectivity index (χ3n) is 5.71. The smallest absolute Gasteiger partial charge is 0.475 e. The molecule has 1 amide bonds. The highest BCUT2D eigenvalue weighted by molar-refractivity contribution is 7.13. The molecule has 1 aliphatic heterocycles. The van der Waals surface area contributed by atoms with Crippen LogP contribution < -0.4 is 10.6 Å². The van der Waals surface area contributed by atoms with E-state index in [1.54, 1.807) is 11.3 Å². The van der Waals surface area contributed by atoms with Gasteiger partial charge in [0, 0.05) is 17.4 Å². The number of anilines is 1. The molecule has 0 unspecified atom stereocenters. The normalized spacial score (nSPS) is 13.7. The average molecular weight is 566 g/mol. The van der Waals surface area contributed by atoms with Crippen LogP contribution in [-0.2, 0) is 27.3 Å². The molecule has 3 N–H and O–H groups in total. The molecule has 8 nitrogen and oxygen atoms in total. The number of thiazole rings is 1. The summed E-state index contributed by atoms with van der Waals surface area (Å²) in [5, 5.41) is 16.3. The molecule has 1 aromatic heterocycles. The fourth-order valence-corrected chi connectivity index (χ4v) is 4.55. The Morgan fingerprint density at radius 2 is 1.74 bits per heavy atom. The third kappa shape index (κ3) is 10.7. The zero-order valence-corrected chi connectivity index (χ0v) is 21.9. The van der Waals surface area contributed by atoms with Crippen molar-refractivity contribution in [3.8, 4) is 10.6 Å². The predicted octanol–water partition coefficient (Wildman–Crippen LogP) is 5.75. The van der Waals surface area contributed by atoms with Crippen molar-refractivity contribution in [2.45, 2.75) is 32.0 Å². The summed E-state index contributed by atoms with van der Waals surface area (Å²) in [4.78, 5) is 26.0. The molecule has 1 aliphatic rings. The van der Waals surface area contributed by atoms with E-state index < -0.39 is 18.2 Å². The fraction of sp³-hybridized carbons (Fsp3) is 0.370. The molecule has 1 fully saturated rings. The maximum atomic E-state index is 12.4. The number of ether oxygens (including phenoxy) is 2. The lowest BCUT2D eigenvalue weighted by Gasteiger charge is -2.22. The Kier molecular flexibility index (Phi) is 11.7. The molecule has 3 aromatic rings. The summed E-state index contributed by atoms with van der Waals surface area (Å²) in [6.45, 7) is 3.65. The van der Waals surface area contributed by atoms with Crippen LogP contribution in [0.2, 0.25) is 0 Å². The Hall–Kier alpha value is -3.48. The van der Waals surface area contributed by atoms with Gasteiger partial charge in [0.2, 0.25) is 0 Å². The van der Waals surface area contributed by atoms with Gasteiger partial charge in [0.25, 0.3) is 0 Å². The molecule has 210 valence electrons. The van der Waals surface area contributed by atoms with E-state index in [1.165, 1.54) is 5.56 Å². The van der Waals surface area contributed by atoms with E-state index >= 15 is 0 Å². The van der Waals surface area contributed by atoms with Gasteiger partial charge in [-0.3, -0.25) is 5.32 Å². The number of alkyl halides is 3. The number of nitrogens with zero attached hydrogens (tertiary/aromatic N) is 1. The van der Waals surface area contributed by atoms with Gasteiger partial charge in [-0.1, -0.05) is 42.5 Å². The van der Waals surface area contributed by atoms with Crippen molar-refractivity contribution in [1.82, 2.24) is 10.3 Å². The van der Waals surface area contributed by atoms with E-state index in [0.29, 0.717) is 31.4 Å². The number of aromatic nitrogens is 1. The third-order valence-corrected chi connectivity index (χ3v) is 6.64. The summed E-state index contributed by atoms with van der Waals surface area (Å²) in [6.07, 6.45) is -2.67. The molecule has 4 rings (SSSR count). The number of hydrogen-bond donors (Lipinski definition) is 3. The summed E-state index contributed by atoms with van der Waals surface area (Å²) in [6, 6.07) is 17.8. The molecule has 0 bridgehead atoms. The first-order valence-corrected chi connectivity index (χ1v) is 13.2. The number of nitrogens with one attached hydrogen (secondary N) is 2. The van der Waals surface area contributed by atoms with Gasteiger partial charge in [-0.15, -0.1) is 11.3 Å². The number of carboxylic acids is 1. The maximum absolute atomic E-state index is 12.4. The van der Waals surface area contributed by atoms with Crippen LogP contribution in [0.1, 0.15) is 24.1 Å². The lowest BCUT2D eigenvalue weighted by molar-refractivity contribution is -0.192. The molecule has 0 atom stereocenters. The highest BCUT2D eigenvalue weighted by Crippen LogP contribution is 2.31. The van der Waals surface area contributed by atoms with Crippen LogP contribution in [0.15, 0.2) is 60.0 Å². The van der Waals surface area contributed by atoms with Gasteiger partial charge < -0.3 is 19.9 Å². The first-order chi connectivity index (χ1) is 18.7. The van der Waals surface area contributed by atoms with Crippen molar-refractivity contribution in [2.75, 3.05) is 31.6 Å². The van der Waals surface area contributed by atoms with Crippen LogP contribution in [0, 0.1) is 5.92 Å². The number of halogens is 3. The zero-order valence-electron chi connectivity index (χ0n) is 21.1. The van der Waals surface area contributed by atoms with Crippen LogP contribution in [0.25, 0.3) is 10.6 Å². The van der Waals surface area contributed by atoms with Crippen molar-refractivity contribution < 1.29 is 37.3 Å². The average Bonchev–Trinajstić information content (AvgIpc) is 3.40. The summed E-state index contributed by atoms with van der Waals surface area (Å²) >= 11 is 1.57. The molecule has 0 aliphatic carbocycles. The SMILES string of the molecule is O=C(Nc1ccccc1-c1nc(CCOCc2ccccc2)cs1)OCC1CCNCC1.O=C(O)C(F)(F)F. The molecular formula is C27H30F3N3O5S. The van der Waals surface area contributed by atoms with E-state index in [2.05, 4.69) is 22.8 Å². The molecule has 12 heteroatoms. The Bertz CT molecular complexity index is 1180. The van der Waals surface area contributed by atoms with Crippen LogP contribution in [0.4, 0.5) is 23.7 Å². The number of carbonyl (C=O) groups excluding carboxylic acids is 1. The van der Waals surface area contributed by atoms with Crippen LogP contribution in [0.3, 0.4) is 0 Å². The molecule has 1 saturated heterocycles. The number of benzene rings is 2. The van der Waals surface area contributed by atoms with Gasteiger partial charge >= 0.3 is 18.2 Å². The predicted molar refractivity (Wildman–Crippen MR) is 142 cm³/mol. The number of hydrogen-bond acceptors (Lipinski definition) is 7. The van der Waals surface area contributed by atoms with Crippen molar-refractivity contribution in [2.24, 2.45) is 5.92 Å². The minimum Gasteiger partial charge on any atom is -0.475 e. The number of piperidine rings is 1. The first-order valence-electron chi connectivity index (χ1n) is 12.3. The second kappa shape index (κ2) is 15.2. The second-order valence-corrected chi connectivity index (χ2v) is 9.56. The van der Waals surface area contributed by atoms with E-state index in [1.807, 2.05) is 47.8 Å². The summed E-state index contributed by atoms with van der Waals surface area (Å²) in [5.74, 6) is -2.32. The van der Waals surface area contributed by atoms with Crippen LogP contribution in [0.5, 0.6) is 0 Å². The largest absolute Gasteiger partial charge is 0.490 e. The number of rotatable bonds is 9. The van der Waals surface area contributed by atoms with Gasteiger partial charge in [0.05, 0.1) is 31.2 Å². The standard InChI is InChI=1S/C25H29N3O3S.C2HF3O2/c29-25(31-17-20-10-13-26-14-11-20)28-23-9-5-4-8-22(23)24-27-21(18-32-24)12-15-30-16-19-6-2-1-3-7-19;3-2(4,5)1(6)7/h1-9,18,20,26H,10-17H2,(H,28,29);(H,6,7). The monoisotopic (exact) mass is 565 g/mol. The quantitative estimate of drug-likeness (QED) is 0.284. The van der Waals surface area contributed by atoms with Crippen LogP contribution >= 0.6 is 11.3 Å². The van der Waals surface area contributed by atoms with E-state index in [9.17, 15) is 18.0 Å². The topological polar surface area (TPSA) is 110 Å². The first kappa shape index (κ1) is 30.1. The number of carboxylic acid groups (broad SMARTS) is 1. The van der Waals surface area contributed by atoms with Gasteiger partial charge in [-0.05, 0) is 49.5 Å². The maximum Gasteiger partial charge on any atom is 0.490 e. The number of aliphatic carboxylic acids is 1. The molecule has 0 saturated carbocycles. The Morgan fingerprint density at radius 3 is 2.44 bits per heavy atom. The van der Waals surface area contributed by atoms with Crippen molar-refractivity contribution in [3.63, 3.8) is 0 Å². The molecular weight excluding hydrogens is 535 g/mol. The van der Waals surface area contributed by atoms with Crippen molar-refractivity contribution in [1.29, 1.82) is 0 Å². The fourth-order valence-electron chi connectivity index (χ4n) is 3.65. The van der Waals surface area contributed by atoms with Gasteiger partial charge in [0.1, 0.15) is 5.01 Å². The van der Waals surface area contributed by atoms with Crippen molar-refractivity contribution >= 4 is 29.1 Å². The van der Waals surface area contributed by atoms with Crippen molar-refractivity contribution in [3.05, 3.63) is 71.2 Å². The summed E-state index contributed by atoms with van der Waals surface area (Å²) in [5.41, 5.74) is 3.76. The summed E-state index contributed by atoms with van der Waals surface area (Å²) < 4.78 is 43.0. The minimum absolute atomic E-state index is 0.415. The number of carbonyl (C=O) groups is 2. The van der Waals surface area contributed by atoms with Gasteiger partial charge in [0.15, 0.2) is 0 Å². The van der Waals surface area contributed by atoms with E-state index in [4.69, 9.17) is 24.4 Å². The Morgan fingerprint density at radius 1 is 1.08 bits per heavy atom. The minimum atomic E-state index is -5.08. The molecule has 2 aromatic carbocycles. The molecule has 0 spiro atoms. The van der Waals surface area contributed by atoms with Gasteiger partial charge in [-0.25, -0.2) is 14.6 Å². The highest BCUT2D eigenvalue weighted by Gasteiger charge is 2.38. The number of para-hydroxylation sites is 1. The Balaban J connectivity index is 0.000000532. The lowest BCUT2D eigenvalue weighted by Crippen LogP contribution is -2.31. The van der Waals surface area contributed by atoms with E-state index in [-0.39, 0.29) is 0 Å².